The van der Waals surface area contributed by atoms with Crippen LogP contribution in [-0.2, 0) is 19.1 Å². The molecular weight excluding hydrogens is 232 g/mol. The highest BCUT2D eigenvalue weighted by Gasteiger charge is 2.43. The summed E-state index contributed by atoms with van der Waals surface area (Å²) in [7, 11) is 0. The molecule has 1 fully saturated rings. The van der Waals surface area contributed by atoms with Crippen LogP contribution in [0.15, 0.2) is 0 Å². The fourth-order valence-corrected chi connectivity index (χ4v) is 2.50. The molecule has 0 heterocycles. The molecule has 102 valence electrons. The van der Waals surface area contributed by atoms with Crippen molar-refractivity contribution in [2.45, 2.75) is 53.1 Å². The quantitative estimate of drug-likeness (QED) is 0.708. The Balaban J connectivity index is 2.91. The van der Waals surface area contributed by atoms with Gasteiger partial charge in [-0.25, -0.2) is 0 Å². The molecule has 0 aliphatic heterocycles. The van der Waals surface area contributed by atoms with E-state index in [0.29, 0.717) is 6.42 Å². The average Bonchev–Trinajstić information content (AvgIpc) is 2.12. The van der Waals surface area contributed by atoms with Gasteiger partial charge in [0.2, 0.25) is 0 Å². The van der Waals surface area contributed by atoms with Crippen molar-refractivity contribution in [1.82, 2.24) is 0 Å². The highest BCUT2D eigenvalue weighted by Crippen LogP contribution is 2.35. The summed E-state index contributed by atoms with van der Waals surface area (Å²) in [5.74, 6) is -1.54. The van der Waals surface area contributed by atoms with E-state index in [-0.39, 0.29) is 29.9 Å². The maximum atomic E-state index is 12.2. The molecule has 3 atom stereocenters. The second kappa shape index (κ2) is 5.21. The molecule has 0 aromatic heterocycles. The summed E-state index contributed by atoms with van der Waals surface area (Å²) in [6, 6.07) is 0. The number of rotatable bonds is 2. The van der Waals surface area contributed by atoms with Gasteiger partial charge < -0.3 is 4.74 Å². The number of ketones is 2. The van der Waals surface area contributed by atoms with E-state index in [1.54, 1.807) is 20.8 Å². The Morgan fingerprint density at radius 2 is 1.78 bits per heavy atom. The fraction of sp³-hybridized carbons (Fsp3) is 0.786. The third-order valence-corrected chi connectivity index (χ3v) is 3.24. The topological polar surface area (TPSA) is 60.4 Å². The maximum absolute atomic E-state index is 12.2. The summed E-state index contributed by atoms with van der Waals surface area (Å²) in [6.07, 6.45) is 0.525. The highest BCUT2D eigenvalue weighted by molar-refractivity contribution is 5.92. The van der Waals surface area contributed by atoms with Crippen molar-refractivity contribution >= 4 is 17.5 Å². The first-order valence-electron chi connectivity index (χ1n) is 6.37. The normalized spacial score (nSPS) is 28.9. The highest BCUT2D eigenvalue weighted by atomic mass is 16.6. The predicted molar refractivity (Wildman–Crippen MR) is 66.9 cm³/mol. The average molecular weight is 254 g/mol. The number of Topliss-reactive ketones (excluding diaryl/α,β-unsaturated/α-hetero) is 2. The van der Waals surface area contributed by atoms with Gasteiger partial charge >= 0.3 is 5.97 Å². The van der Waals surface area contributed by atoms with Crippen molar-refractivity contribution in [3.8, 4) is 0 Å². The Morgan fingerprint density at radius 3 is 2.22 bits per heavy atom. The minimum absolute atomic E-state index is 0.0579. The van der Waals surface area contributed by atoms with Crippen LogP contribution in [0.5, 0.6) is 0 Å². The summed E-state index contributed by atoms with van der Waals surface area (Å²) in [4.78, 5) is 35.3. The summed E-state index contributed by atoms with van der Waals surface area (Å²) in [6.45, 7) is 8.67. The van der Waals surface area contributed by atoms with E-state index in [9.17, 15) is 14.4 Å². The van der Waals surface area contributed by atoms with Crippen molar-refractivity contribution in [1.29, 1.82) is 0 Å². The smallest absolute Gasteiger partial charge is 0.310 e. The Bertz CT molecular complexity index is 364. The van der Waals surface area contributed by atoms with Gasteiger partial charge in [-0.05, 0) is 33.6 Å². The fourth-order valence-electron chi connectivity index (χ4n) is 2.50. The molecule has 4 nitrogen and oxygen atoms in total. The largest absolute Gasteiger partial charge is 0.460 e. The van der Waals surface area contributed by atoms with Crippen LogP contribution in [0.2, 0.25) is 0 Å². The van der Waals surface area contributed by atoms with Crippen LogP contribution in [0.3, 0.4) is 0 Å². The van der Waals surface area contributed by atoms with Crippen LogP contribution in [0, 0.1) is 17.8 Å². The first kappa shape index (κ1) is 14.9. The summed E-state index contributed by atoms with van der Waals surface area (Å²) in [5, 5.41) is 0. The molecule has 1 saturated carbocycles. The molecule has 0 aromatic rings. The number of carbonyl (C=O) groups is 3. The lowest BCUT2D eigenvalue weighted by molar-refractivity contribution is -0.167. The molecule has 0 aromatic carbocycles. The molecule has 4 heteroatoms. The van der Waals surface area contributed by atoms with Gasteiger partial charge in [0.25, 0.3) is 0 Å². The summed E-state index contributed by atoms with van der Waals surface area (Å²) in [5.41, 5.74) is -0.570. The number of esters is 1. The van der Waals surface area contributed by atoms with Gasteiger partial charge in [-0.2, -0.15) is 0 Å². The van der Waals surface area contributed by atoms with Gasteiger partial charge in [-0.15, -0.1) is 0 Å². The Morgan fingerprint density at radius 1 is 1.22 bits per heavy atom. The molecule has 0 N–H and O–H groups in total. The first-order valence-corrected chi connectivity index (χ1v) is 6.37. The number of hydrogen-bond acceptors (Lipinski definition) is 4. The van der Waals surface area contributed by atoms with Crippen molar-refractivity contribution in [3.63, 3.8) is 0 Å². The molecule has 1 aliphatic carbocycles. The van der Waals surface area contributed by atoms with Crippen LogP contribution >= 0.6 is 0 Å². The SMILES string of the molecule is CC(=O)[C@H]1CC(=O)C[C@H](C)C1C(=O)OC(C)(C)C. The van der Waals surface area contributed by atoms with E-state index in [4.69, 9.17) is 4.74 Å². The molecule has 0 spiro atoms. The van der Waals surface area contributed by atoms with Crippen molar-refractivity contribution < 1.29 is 19.1 Å². The molecule has 1 unspecified atom stereocenters. The first-order chi connectivity index (χ1) is 8.11. The van der Waals surface area contributed by atoms with Crippen LogP contribution in [0.1, 0.15) is 47.5 Å². The van der Waals surface area contributed by atoms with Crippen LogP contribution in [0.4, 0.5) is 0 Å². The number of ether oxygens (including phenoxy) is 1. The van der Waals surface area contributed by atoms with E-state index in [1.807, 2.05) is 6.92 Å². The third kappa shape index (κ3) is 3.65. The van der Waals surface area contributed by atoms with Gasteiger partial charge in [-0.3, -0.25) is 14.4 Å². The van der Waals surface area contributed by atoms with Crippen LogP contribution < -0.4 is 0 Å². The standard InChI is InChI=1S/C14H22O4/c1-8-6-10(16)7-11(9(2)15)12(8)13(17)18-14(3,4)5/h8,11-12H,6-7H2,1-5H3/t8-,11+,12?/m0/s1. The van der Waals surface area contributed by atoms with Crippen LogP contribution in [-0.4, -0.2) is 23.1 Å². The lowest BCUT2D eigenvalue weighted by Gasteiger charge is -2.34. The zero-order chi connectivity index (χ0) is 14.1. The second-order valence-electron chi connectivity index (χ2n) is 6.20. The van der Waals surface area contributed by atoms with E-state index in [2.05, 4.69) is 0 Å². The van der Waals surface area contributed by atoms with Gasteiger partial charge in [0.1, 0.15) is 17.2 Å². The Kier molecular flexibility index (Phi) is 4.30. The molecule has 1 rings (SSSR count). The molecule has 0 radical (unpaired) electrons. The van der Waals surface area contributed by atoms with E-state index in [0.717, 1.165) is 0 Å². The van der Waals surface area contributed by atoms with Crippen molar-refractivity contribution in [3.05, 3.63) is 0 Å². The van der Waals surface area contributed by atoms with Gasteiger partial charge in [0.15, 0.2) is 0 Å². The molecule has 1 aliphatic rings. The Labute approximate surface area is 108 Å². The molecule has 18 heavy (non-hydrogen) atoms. The molecule has 0 bridgehead atoms. The lowest BCUT2D eigenvalue weighted by Crippen LogP contribution is -2.43. The van der Waals surface area contributed by atoms with E-state index < -0.39 is 17.4 Å². The number of hydrogen-bond donors (Lipinski definition) is 0. The molecular formula is C14H22O4. The Hall–Kier alpha value is -1.19. The van der Waals surface area contributed by atoms with E-state index >= 15 is 0 Å². The monoisotopic (exact) mass is 254 g/mol. The zero-order valence-electron chi connectivity index (χ0n) is 11.8. The molecule has 0 amide bonds. The van der Waals surface area contributed by atoms with E-state index in [1.165, 1.54) is 6.92 Å². The second-order valence-corrected chi connectivity index (χ2v) is 6.20. The molecule has 0 saturated heterocycles. The minimum atomic E-state index is -0.570. The predicted octanol–water partition coefficient (Wildman–Crippen LogP) is 2.15. The maximum Gasteiger partial charge on any atom is 0.310 e. The lowest BCUT2D eigenvalue weighted by atomic mass is 9.70. The minimum Gasteiger partial charge on any atom is -0.460 e. The summed E-state index contributed by atoms with van der Waals surface area (Å²) < 4.78 is 5.36. The van der Waals surface area contributed by atoms with Crippen molar-refractivity contribution in [2.24, 2.45) is 17.8 Å². The van der Waals surface area contributed by atoms with Gasteiger partial charge in [0, 0.05) is 18.8 Å². The van der Waals surface area contributed by atoms with Crippen LogP contribution in [0.25, 0.3) is 0 Å². The number of carbonyl (C=O) groups excluding carboxylic acids is 3. The zero-order valence-corrected chi connectivity index (χ0v) is 11.8. The van der Waals surface area contributed by atoms with Gasteiger partial charge in [0.05, 0.1) is 5.92 Å². The summed E-state index contributed by atoms with van der Waals surface area (Å²) >= 11 is 0. The van der Waals surface area contributed by atoms with Gasteiger partial charge in [-0.1, -0.05) is 6.92 Å². The third-order valence-electron chi connectivity index (χ3n) is 3.24. The van der Waals surface area contributed by atoms with Crippen molar-refractivity contribution in [2.75, 3.05) is 0 Å².